The standard InChI is InChI=1S/C4H7N2O3.Bi.H/c5-2(4(8)9)1-3(6)7;;/h2,5H,1H2,(H3,6,7,8,9);;/q-1;+2;/p-1/t2-;;/m0../s1. The molecular weight excluding hydrogens is 333 g/mol. The third-order valence-corrected chi connectivity index (χ3v) is 4.62. The molecule has 0 aromatic rings. The fourth-order valence-electron chi connectivity index (χ4n) is 0.629. The van der Waals surface area contributed by atoms with E-state index in [1.165, 1.54) is 0 Å². The summed E-state index contributed by atoms with van der Waals surface area (Å²) in [4.78, 5) is 20.9. The number of carboxylic acid groups (broad SMARTS) is 1. The molecule has 1 fully saturated rings. The zero-order valence-corrected chi connectivity index (χ0v) is 8.94. The van der Waals surface area contributed by atoms with Crippen LogP contribution in [0.15, 0.2) is 0 Å². The SMILES string of the molecule is O=C1C[C@@H](C(=O)O)[NH][BiH][NH]1. The van der Waals surface area contributed by atoms with Crippen LogP contribution >= 0.6 is 0 Å². The molecule has 1 heterocycles. The van der Waals surface area contributed by atoms with Crippen LogP contribution in [0.1, 0.15) is 6.42 Å². The van der Waals surface area contributed by atoms with E-state index in [1.54, 1.807) is 0 Å². The van der Waals surface area contributed by atoms with Gasteiger partial charge in [-0.05, 0) is 0 Å². The van der Waals surface area contributed by atoms with Gasteiger partial charge in [0.2, 0.25) is 0 Å². The Hall–Kier alpha value is -0.217. The summed E-state index contributed by atoms with van der Waals surface area (Å²) in [7, 11) is 0. The Balaban J connectivity index is 2.47. The summed E-state index contributed by atoms with van der Waals surface area (Å²) in [5.41, 5.74) is 0. The molecule has 1 rings (SSSR count). The predicted molar refractivity (Wildman–Crippen MR) is 34.5 cm³/mol. The number of nitrogens with one attached hydrogen (secondary N) is 2. The molecule has 0 aliphatic carbocycles. The van der Waals surface area contributed by atoms with Crippen LogP contribution in [0.5, 0.6) is 0 Å². The van der Waals surface area contributed by atoms with Crippen molar-refractivity contribution < 1.29 is 14.7 Å². The molecule has 0 bridgehead atoms. The zero-order chi connectivity index (χ0) is 7.56. The van der Waals surface area contributed by atoms with Crippen LogP contribution in [0.3, 0.4) is 0 Å². The van der Waals surface area contributed by atoms with E-state index in [0.717, 1.165) is 0 Å². The van der Waals surface area contributed by atoms with Crippen molar-refractivity contribution in [3.8, 4) is 0 Å². The Morgan fingerprint density at radius 3 is 2.90 bits per heavy atom. The summed E-state index contributed by atoms with van der Waals surface area (Å²) in [6.07, 6.45) is 0.0718. The van der Waals surface area contributed by atoms with Crippen LogP contribution in [-0.4, -0.2) is 46.8 Å². The van der Waals surface area contributed by atoms with Crippen molar-refractivity contribution in [3.63, 3.8) is 0 Å². The van der Waals surface area contributed by atoms with Gasteiger partial charge in [0.05, 0.1) is 0 Å². The summed E-state index contributed by atoms with van der Waals surface area (Å²) in [6.45, 7) is 0. The van der Waals surface area contributed by atoms with E-state index in [4.69, 9.17) is 5.11 Å². The first-order valence-corrected chi connectivity index (χ1v) is 6.61. The molecule has 1 aliphatic rings. The van der Waals surface area contributed by atoms with Crippen LogP contribution in [-0.2, 0) is 9.59 Å². The molecule has 0 radical (unpaired) electrons. The molecule has 56 valence electrons. The number of carbonyl (C=O) groups is 2. The van der Waals surface area contributed by atoms with E-state index in [9.17, 15) is 9.59 Å². The summed E-state index contributed by atoms with van der Waals surface area (Å²) in [5, 5.41) is 8.44. The molecule has 0 saturated carbocycles. The molecule has 1 atom stereocenters. The predicted octanol–water partition coefficient (Wildman–Crippen LogP) is -2.18. The third-order valence-electron chi connectivity index (χ3n) is 1.14. The van der Waals surface area contributed by atoms with Crippen molar-refractivity contribution in [1.82, 2.24) is 6.52 Å². The van der Waals surface area contributed by atoms with Crippen LogP contribution in [0.25, 0.3) is 0 Å². The van der Waals surface area contributed by atoms with E-state index >= 15 is 0 Å². The molecule has 1 amide bonds. The molecule has 6 heteroatoms. The first-order valence-electron chi connectivity index (χ1n) is 2.72. The molecule has 0 spiro atoms. The minimum absolute atomic E-state index is 0.0718. The average Bonchev–Trinajstić information content (AvgIpc) is 1.88. The van der Waals surface area contributed by atoms with Crippen LogP contribution in [0.2, 0.25) is 0 Å². The van der Waals surface area contributed by atoms with Gasteiger partial charge >= 0.3 is 69.4 Å². The summed E-state index contributed by atoms with van der Waals surface area (Å²) in [5.74, 6) is -1.06. The van der Waals surface area contributed by atoms with Crippen molar-refractivity contribution in [2.45, 2.75) is 12.5 Å². The minimum atomic E-state index is -1.30. The molecule has 0 unspecified atom stereocenters. The molecule has 1 saturated heterocycles. The summed E-state index contributed by atoms with van der Waals surface area (Å²) in [6, 6.07) is -0.628. The second kappa shape index (κ2) is 3.26. The Bertz CT molecular complexity index is 170. The van der Waals surface area contributed by atoms with E-state index in [-0.39, 0.29) is 12.3 Å². The van der Waals surface area contributed by atoms with E-state index in [1.807, 2.05) is 0 Å². The van der Waals surface area contributed by atoms with Crippen molar-refractivity contribution in [2.24, 2.45) is 0 Å². The van der Waals surface area contributed by atoms with E-state index in [2.05, 4.69) is 6.52 Å². The summed E-state index contributed by atoms with van der Waals surface area (Å²) < 4.78 is 5.46. The van der Waals surface area contributed by atoms with Gasteiger partial charge in [0.15, 0.2) is 0 Å². The van der Waals surface area contributed by atoms with Crippen LogP contribution < -0.4 is 6.52 Å². The number of carbonyl (C=O) groups excluding carboxylic acids is 1. The first-order chi connectivity index (χ1) is 4.70. The molecule has 0 aromatic carbocycles. The topological polar surface area (TPSA) is 78.4 Å². The number of carboxylic acids is 1. The maximum absolute atomic E-state index is 10.6. The van der Waals surface area contributed by atoms with Gasteiger partial charge in [0, 0.05) is 0 Å². The van der Waals surface area contributed by atoms with Crippen molar-refractivity contribution in [1.29, 1.82) is 0 Å². The van der Waals surface area contributed by atoms with E-state index < -0.39 is 35.8 Å². The van der Waals surface area contributed by atoms with Gasteiger partial charge in [-0.1, -0.05) is 0 Å². The third kappa shape index (κ3) is 1.89. The molecule has 10 heavy (non-hydrogen) atoms. The quantitative estimate of drug-likeness (QED) is 0.474. The molecule has 5 nitrogen and oxygen atoms in total. The van der Waals surface area contributed by atoms with Gasteiger partial charge < -0.3 is 0 Å². The number of amides is 1. The second-order valence-corrected chi connectivity index (χ2v) is 4.98. The Kier molecular flexibility index (Phi) is 2.57. The molecule has 3 N–H and O–H groups in total. The first kappa shape index (κ1) is 7.89. The van der Waals surface area contributed by atoms with Gasteiger partial charge in [0.1, 0.15) is 0 Å². The molecule has 1 aliphatic heterocycles. The second-order valence-electron chi connectivity index (χ2n) is 1.91. The monoisotopic (exact) mass is 340 g/mol. The Morgan fingerprint density at radius 2 is 2.50 bits per heavy atom. The fraction of sp³-hybridized carbons (Fsp3) is 0.500. The van der Waals surface area contributed by atoms with Gasteiger partial charge in [0.25, 0.3) is 0 Å². The van der Waals surface area contributed by atoms with E-state index in [0.29, 0.717) is 0 Å². The Labute approximate surface area is 69.5 Å². The zero-order valence-electron chi connectivity index (χ0n) is 5.05. The fourth-order valence-corrected chi connectivity index (χ4v) is 3.40. The molecular formula is C4H7BiN2O3. The number of aliphatic carboxylic acids is 1. The van der Waals surface area contributed by atoms with Gasteiger partial charge in [-0.3, -0.25) is 0 Å². The average molecular weight is 340 g/mol. The van der Waals surface area contributed by atoms with Crippen molar-refractivity contribution in [2.75, 3.05) is 0 Å². The summed E-state index contributed by atoms with van der Waals surface area (Å²) >= 11 is -1.30. The Morgan fingerprint density at radius 1 is 1.80 bits per heavy atom. The van der Waals surface area contributed by atoms with Gasteiger partial charge in [-0.2, -0.15) is 0 Å². The molecule has 0 aromatic heterocycles. The van der Waals surface area contributed by atoms with Crippen molar-refractivity contribution >= 4 is 35.7 Å². The maximum atomic E-state index is 10.6. The van der Waals surface area contributed by atoms with Gasteiger partial charge in [-0.25, -0.2) is 0 Å². The van der Waals surface area contributed by atoms with Crippen LogP contribution in [0, 0.1) is 0 Å². The number of hydrogen-bond acceptors (Lipinski definition) is 3. The number of rotatable bonds is 1. The number of hydrogen-bond donors (Lipinski definition) is 3. The normalized spacial score (nSPS) is 25.6. The van der Waals surface area contributed by atoms with Gasteiger partial charge in [-0.15, -0.1) is 0 Å². The van der Waals surface area contributed by atoms with Crippen LogP contribution in [0.4, 0.5) is 0 Å². The van der Waals surface area contributed by atoms with Crippen molar-refractivity contribution in [3.05, 3.63) is 0 Å².